The summed E-state index contributed by atoms with van der Waals surface area (Å²) < 4.78 is 10.7. The third-order valence-electron chi connectivity index (χ3n) is 9.98. The average Bonchev–Trinajstić information content (AvgIpc) is 3.18. The summed E-state index contributed by atoms with van der Waals surface area (Å²) in [4.78, 5) is 58.0. The average molecular weight is 742 g/mol. The van der Waals surface area contributed by atoms with Crippen molar-refractivity contribution in [2.24, 2.45) is 0 Å². The first kappa shape index (κ1) is 42.2. The molecule has 0 bridgehead atoms. The molecule has 54 heavy (non-hydrogen) atoms. The number of amides is 3. The highest BCUT2D eigenvalue weighted by Gasteiger charge is 2.23. The summed E-state index contributed by atoms with van der Waals surface area (Å²) in [7, 11) is 7.19. The third-order valence-corrected chi connectivity index (χ3v) is 9.98. The number of benzene rings is 3. The Morgan fingerprint density at radius 3 is 2.15 bits per heavy atom. The molecule has 11 heteroatoms. The Labute approximate surface area is 321 Å². The van der Waals surface area contributed by atoms with E-state index in [0.717, 1.165) is 87.2 Å². The van der Waals surface area contributed by atoms with Crippen LogP contribution in [0.4, 0.5) is 10.5 Å². The molecule has 0 spiro atoms. The predicted molar refractivity (Wildman–Crippen MR) is 213 cm³/mol. The molecule has 11 nitrogen and oxygen atoms in total. The number of nitrogens with one attached hydrogen (secondary N) is 1. The van der Waals surface area contributed by atoms with Gasteiger partial charge in [-0.1, -0.05) is 79.2 Å². The van der Waals surface area contributed by atoms with Crippen LogP contribution < -0.4 is 5.32 Å². The van der Waals surface area contributed by atoms with Gasteiger partial charge in [-0.05, 0) is 62.9 Å². The lowest BCUT2D eigenvalue weighted by molar-refractivity contribution is -0.134. The molecule has 1 aliphatic rings. The van der Waals surface area contributed by atoms with Gasteiger partial charge in [-0.25, -0.2) is 4.79 Å². The van der Waals surface area contributed by atoms with E-state index < -0.39 is 6.09 Å². The first-order chi connectivity index (χ1) is 26.1. The van der Waals surface area contributed by atoms with Crippen molar-refractivity contribution in [2.45, 2.75) is 64.0 Å². The Hall–Kier alpha value is -4.58. The summed E-state index contributed by atoms with van der Waals surface area (Å²) in [6.45, 7) is 5.45. The quantitative estimate of drug-likeness (QED) is 0.0963. The van der Waals surface area contributed by atoms with Crippen molar-refractivity contribution in [3.05, 3.63) is 90.0 Å². The van der Waals surface area contributed by atoms with Crippen LogP contribution in [-0.2, 0) is 25.6 Å². The van der Waals surface area contributed by atoms with Crippen LogP contribution in [-0.4, -0.2) is 124 Å². The van der Waals surface area contributed by atoms with Crippen molar-refractivity contribution >= 4 is 29.4 Å². The molecule has 292 valence electrons. The summed E-state index contributed by atoms with van der Waals surface area (Å²) in [5, 5.41) is 2.94. The number of rotatable bonds is 21. The number of piperidine rings is 1. The number of carbonyl (C=O) groups excluding carboxylic acids is 4. The maximum Gasteiger partial charge on any atom is 0.411 e. The Balaban J connectivity index is 1.03. The second-order valence-corrected chi connectivity index (χ2v) is 14.3. The van der Waals surface area contributed by atoms with Gasteiger partial charge in [-0.2, -0.15) is 0 Å². The van der Waals surface area contributed by atoms with Gasteiger partial charge in [0.05, 0.1) is 5.69 Å². The molecule has 1 N–H and O–H groups in total. The van der Waals surface area contributed by atoms with Gasteiger partial charge in [-0.3, -0.25) is 19.7 Å². The number of nitrogens with zero attached hydrogens (tertiary/aromatic N) is 4. The van der Waals surface area contributed by atoms with E-state index in [0.29, 0.717) is 37.9 Å². The number of Topliss-reactive ketones (excluding diaryl/α,β-unsaturated/α-hetero) is 1. The number of unbranched alkanes of at least 4 members (excludes halogenated alkanes) is 2. The number of likely N-dealkylation sites (N-methyl/N-ethyl adjacent to an activating group) is 2. The van der Waals surface area contributed by atoms with Crippen LogP contribution >= 0.6 is 0 Å². The number of hydrogen-bond acceptors (Lipinski definition) is 8. The molecule has 3 aromatic rings. The minimum Gasteiger partial charge on any atom is -0.446 e. The summed E-state index contributed by atoms with van der Waals surface area (Å²) in [6, 6.07) is 25.5. The molecule has 4 rings (SSSR count). The number of ketones is 1. The van der Waals surface area contributed by atoms with Crippen molar-refractivity contribution in [3.8, 4) is 11.1 Å². The van der Waals surface area contributed by atoms with Crippen LogP contribution in [0.15, 0.2) is 78.9 Å². The molecule has 0 radical (unpaired) electrons. The fourth-order valence-electron chi connectivity index (χ4n) is 6.61. The molecule has 1 saturated heterocycles. The van der Waals surface area contributed by atoms with Crippen molar-refractivity contribution < 1.29 is 28.7 Å². The standard InChI is InChI=1S/C43H59N5O6/c1-45(32-34-20-22-36(23-21-34)40(49)18-13-27-46(2)42(51)33-53-4)26-12-6-9-19-41(50)47(3)30-31-48-28-24-37(25-29-48)54-43(52)44-39-17-11-10-16-38(39)35-14-7-5-8-15-35/h5,7-8,10-11,14-17,20-23,37H,6,9,12-13,18-19,24-33H2,1-4H3,(H,44,52). The van der Waals surface area contributed by atoms with E-state index >= 15 is 0 Å². The van der Waals surface area contributed by atoms with E-state index in [2.05, 4.69) is 22.2 Å². The largest absolute Gasteiger partial charge is 0.446 e. The van der Waals surface area contributed by atoms with Gasteiger partial charge in [0.2, 0.25) is 11.8 Å². The first-order valence-electron chi connectivity index (χ1n) is 19.2. The number of likely N-dealkylation sites (tertiary alicyclic amines) is 1. The van der Waals surface area contributed by atoms with Gasteiger partial charge in [0.25, 0.3) is 0 Å². The lowest BCUT2D eigenvalue weighted by Gasteiger charge is -2.32. The predicted octanol–water partition coefficient (Wildman–Crippen LogP) is 6.59. The third kappa shape index (κ3) is 14.3. The summed E-state index contributed by atoms with van der Waals surface area (Å²) in [6.07, 6.45) is 5.40. The van der Waals surface area contributed by atoms with E-state index in [-0.39, 0.29) is 30.3 Å². The number of ether oxygens (including phenoxy) is 2. The van der Waals surface area contributed by atoms with Gasteiger partial charge < -0.3 is 29.1 Å². The molecule has 1 aliphatic heterocycles. The highest BCUT2D eigenvalue weighted by atomic mass is 16.6. The second kappa shape index (κ2) is 22.6. The molecule has 0 unspecified atom stereocenters. The zero-order valence-corrected chi connectivity index (χ0v) is 32.6. The van der Waals surface area contributed by atoms with E-state index in [1.807, 2.05) is 90.8 Å². The van der Waals surface area contributed by atoms with Crippen molar-refractivity contribution in [1.82, 2.24) is 19.6 Å². The van der Waals surface area contributed by atoms with Crippen molar-refractivity contribution in [3.63, 3.8) is 0 Å². The van der Waals surface area contributed by atoms with Crippen molar-refractivity contribution in [2.75, 3.05) is 79.4 Å². The first-order valence-corrected chi connectivity index (χ1v) is 19.2. The monoisotopic (exact) mass is 741 g/mol. The molecule has 0 atom stereocenters. The van der Waals surface area contributed by atoms with Crippen LogP contribution in [0, 0.1) is 0 Å². The minimum atomic E-state index is -0.431. The Bertz CT molecular complexity index is 1610. The minimum absolute atomic E-state index is 0.0510. The Morgan fingerprint density at radius 1 is 0.741 bits per heavy atom. The Kier molecular flexibility index (Phi) is 17.6. The van der Waals surface area contributed by atoms with Gasteiger partial charge in [0.1, 0.15) is 12.7 Å². The smallest absolute Gasteiger partial charge is 0.411 e. The summed E-state index contributed by atoms with van der Waals surface area (Å²) in [5.41, 5.74) is 4.56. The maximum atomic E-state index is 12.8. The van der Waals surface area contributed by atoms with E-state index in [9.17, 15) is 19.2 Å². The van der Waals surface area contributed by atoms with Crippen LogP contribution in [0.2, 0.25) is 0 Å². The highest BCUT2D eigenvalue weighted by molar-refractivity contribution is 5.96. The number of methoxy groups -OCH3 is 1. The van der Waals surface area contributed by atoms with Crippen LogP contribution in [0.25, 0.3) is 11.1 Å². The normalized spacial score (nSPS) is 13.4. The number of anilines is 1. The van der Waals surface area contributed by atoms with E-state index in [1.54, 1.807) is 11.9 Å². The lowest BCUT2D eigenvalue weighted by atomic mass is 10.0. The molecule has 1 heterocycles. The van der Waals surface area contributed by atoms with E-state index in [4.69, 9.17) is 9.47 Å². The number of carbonyl (C=O) groups is 4. The highest BCUT2D eigenvalue weighted by Crippen LogP contribution is 2.28. The molecule has 0 saturated carbocycles. The van der Waals surface area contributed by atoms with Crippen LogP contribution in [0.5, 0.6) is 0 Å². The molecule has 3 aromatic carbocycles. The van der Waals surface area contributed by atoms with Gasteiger partial charge in [-0.15, -0.1) is 0 Å². The number of para-hydroxylation sites is 1. The van der Waals surface area contributed by atoms with Gasteiger partial charge >= 0.3 is 6.09 Å². The topological polar surface area (TPSA) is 112 Å². The summed E-state index contributed by atoms with van der Waals surface area (Å²) in [5.74, 6) is 0.169. The SMILES string of the molecule is COCC(=O)N(C)CCCC(=O)c1ccc(CN(C)CCCCCC(=O)N(C)CCN2CCC(OC(=O)Nc3ccccc3-c3ccccc3)CC2)cc1. The Morgan fingerprint density at radius 2 is 1.43 bits per heavy atom. The zero-order valence-electron chi connectivity index (χ0n) is 32.6. The zero-order chi connectivity index (χ0) is 38.7. The van der Waals surface area contributed by atoms with Gasteiger partial charge in [0.15, 0.2) is 5.78 Å². The fraction of sp³-hybridized carbons (Fsp3) is 0.488. The number of hydrogen-bond donors (Lipinski definition) is 1. The second-order valence-electron chi connectivity index (χ2n) is 14.3. The van der Waals surface area contributed by atoms with E-state index in [1.165, 1.54) is 7.11 Å². The van der Waals surface area contributed by atoms with Gasteiger partial charge in [0, 0.05) is 84.4 Å². The van der Waals surface area contributed by atoms with Crippen molar-refractivity contribution in [1.29, 1.82) is 0 Å². The molecule has 1 fully saturated rings. The molecular weight excluding hydrogens is 683 g/mol. The molecule has 0 aliphatic carbocycles. The fourth-order valence-corrected chi connectivity index (χ4v) is 6.61. The molecule has 0 aromatic heterocycles. The van der Waals surface area contributed by atoms with Crippen LogP contribution in [0.1, 0.15) is 67.3 Å². The summed E-state index contributed by atoms with van der Waals surface area (Å²) >= 11 is 0. The molecule has 3 amide bonds. The molecular formula is C43H59N5O6. The maximum absolute atomic E-state index is 12.8. The lowest BCUT2D eigenvalue weighted by Crippen LogP contribution is -2.42. The van der Waals surface area contributed by atoms with Crippen LogP contribution in [0.3, 0.4) is 0 Å².